The van der Waals surface area contributed by atoms with Gasteiger partial charge in [-0.25, -0.2) is 13.1 Å². The molecule has 0 saturated heterocycles. The molecule has 2 aromatic carbocycles. The maximum Gasteiger partial charge on any atom is 0.240 e. The first-order valence-corrected chi connectivity index (χ1v) is 10.6. The van der Waals surface area contributed by atoms with Gasteiger partial charge in [-0.3, -0.25) is 4.79 Å². The number of carbonyl (C=O) groups is 1. The van der Waals surface area contributed by atoms with Crippen LogP contribution in [0.1, 0.15) is 25.3 Å². The first kappa shape index (κ1) is 21.7. The van der Waals surface area contributed by atoms with E-state index in [4.69, 9.17) is 9.47 Å². The van der Waals surface area contributed by atoms with Crippen molar-refractivity contribution in [2.24, 2.45) is 0 Å². The molecule has 1 amide bonds. The van der Waals surface area contributed by atoms with Crippen LogP contribution in [0, 0.1) is 0 Å². The van der Waals surface area contributed by atoms with Gasteiger partial charge in [-0.15, -0.1) is 0 Å². The van der Waals surface area contributed by atoms with Gasteiger partial charge in [-0.1, -0.05) is 24.3 Å². The van der Waals surface area contributed by atoms with E-state index < -0.39 is 10.0 Å². The van der Waals surface area contributed by atoms with Gasteiger partial charge in [-0.05, 0) is 50.2 Å². The molecule has 0 radical (unpaired) electrons. The molecule has 28 heavy (non-hydrogen) atoms. The van der Waals surface area contributed by atoms with Crippen LogP contribution < -0.4 is 19.5 Å². The lowest BCUT2D eigenvalue weighted by atomic mass is 10.2. The van der Waals surface area contributed by atoms with Crippen molar-refractivity contribution in [2.75, 3.05) is 20.3 Å². The average Bonchev–Trinajstić information content (AvgIpc) is 2.71. The minimum atomic E-state index is -3.45. The van der Waals surface area contributed by atoms with E-state index in [1.54, 1.807) is 12.1 Å². The smallest absolute Gasteiger partial charge is 0.240 e. The summed E-state index contributed by atoms with van der Waals surface area (Å²) in [7, 11) is -2.09. The molecule has 0 fully saturated rings. The summed E-state index contributed by atoms with van der Waals surface area (Å²) in [4.78, 5) is 12.2. The van der Waals surface area contributed by atoms with Crippen molar-refractivity contribution in [1.29, 1.82) is 0 Å². The lowest BCUT2D eigenvalue weighted by Crippen LogP contribution is -2.23. The standard InChI is InChI=1S/C20H26N2O5S/c1-3-26-18-7-4-5-8-19(18)27-14-6-9-20(23)22-15-16-10-12-17(13-11-16)28(24,25)21-2/h4-5,7-8,10-13,21H,3,6,9,14-15H2,1-2H3,(H,22,23). The second-order valence-corrected chi connectivity index (χ2v) is 7.85. The fraction of sp³-hybridized carbons (Fsp3) is 0.350. The summed E-state index contributed by atoms with van der Waals surface area (Å²) in [5.41, 5.74) is 0.824. The number of para-hydroxylation sites is 2. The highest BCUT2D eigenvalue weighted by atomic mass is 32.2. The van der Waals surface area contributed by atoms with Gasteiger partial charge >= 0.3 is 0 Å². The molecule has 0 saturated carbocycles. The van der Waals surface area contributed by atoms with E-state index in [0.29, 0.717) is 44.1 Å². The first-order valence-electron chi connectivity index (χ1n) is 9.10. The third-order valence-corrected chi connectivity index (χ3v) is 5.38. The number of ether oxygens (including phenoxy) is 2. The second kappa shape index (κ2) is 10.7. The summed E-state index contributed by atoms with van der Waals surface area (Å²) in [6, 6.07) is 13.8. The lowest BCUT2D eigenvalue weighted by Gasteiger charge is -2.11. The summed E-state index contributed by atoms with van der Waals surface area (Å²) in [5.74, 6) is 1.27. The van der Waals surface area contributed by atoms with E-state index >= 15 is 0 Å². The van der Waals surface area contributed by atoms with Gasteiger partial charge in [0.1, 0.15) is 0 Å². The zero-order chi connectivity index (χ0) is 20.4. The van der Waals surface area contributed by atoms with E-state index in [2.05, 4.69) is 10.0 Å². The quantitative estimate of drug-likeness (QED) is 0.559. The number of hydrogen-bond donors (Lipinski definition) is 2. The molecule has 0 aromatic heterocycles. The molecule has 0 spiro atoms. The molecule has 7 nitrogen and oxygen atoms in total. The normalized spacial score (nSPS) is 11.1. The van der Waals surface area contributed by atoms with Gasteiger partial charge in [-0.2, -0.15) is 0 Å². The molecule has 8 heteroatoms. The predicted octanol–water partition coefficient (Wildman–Crippen LogP) is 2.47. The van der Waals surface area contributed by atoms with Crippen LogP contribution in [0.2, 0.25) is 0 Å². The predicted molar refractivity (Wildman–Crippen MR) is 107 cm³/mol. The zero-order valence-corrected chi connectivity index (χ0v) is 16.9. The van der Waals surface area contributed by atoms with Crippen molar-refractivity contribution in [3.8, 4) is 11.5 Å². The molecule has 0 bridgehead atoms. The Morgan fingerprint density at radius 3 is 2.25 bits per heavy atom. The maximum atomic E-state index is 12.0. The van der Waals surface area contributed by atoms with Crippen molar-refractivity contribution in [3.05, 3.63) is 54.1 Å². The van der Waals surface area contributed by atoms with Crippen LogP contribution in [0.25, 0.3) is 0 Å². The van der Waals surface area contributed by atoms with Crippen molar-refractivity contribution >= 4 is 15.9 Å². The fourth-order valence-corrected chi connectivity index (χ4v) is 3.18. The Labute approximate surface area is 166 Å². The molecule has 0 atom stereocenters. The van der Waals surface area contributed by atoms with Crippen LogP contribution in [0.3, 0.4) is 0 Å². The highest BCUT2D eigenvalue weighted by Gasteiger charge is 2.10. The Morgan fingerprint density at radius 1 is 1.00 bits per heavy atom. The van der Waals surface area contributed by atoms with Crippen LogP contribution in [0.4, 0.5) is 0 Å². The summed E-state index contributed by atoms with van der Waals surface area (Å²) >= 11 is 0. The van der Waals surface area contributed by atoms with E-state index in [9.17, 15) is 13.2 Å². The molecular formula is C20H26N2O5S. The van der Waals surface area contributed by atoms with Gasteiger partial charge in [0, 0.05) is 13.0 Å². The van der Waals surface area contributed by atoms with E-state index in [1.807, 2.05) is 31.2 Å². The Balaban J connectivity index is 1.72. The highest BCUT2D eigenvalue weighted by molar-refractivity contribution is 7.89. The van der Waals surface area contributed by atoms with Gasteiger partial charge in [0.25, 0.3) is 0 Å². The molecule has 2 rings (SSSR count). The first-order chi connectivity index (χ1) is 13.5. The zero-order valence-electron chi connectivity index (χ0n) is 16.1. The third-order valence-electron chi connectivity index (χ3n) is 3.95. The van der Waals surface area contributed by atoms with Crippen LogP contribution in [-0.4, -0.2) is 34.6 Å². The second-order valence-electron chi connectivity index (χ2n) is 5.96. The highest BCUT2D eigenvalue weighted by Crippen LogP contribution is 2.26. The Bertz CT molecular complexity index is 866. The SMILES string of the molecule is CCOc1ccccc1OCCCC(=O)NCc1ccc(S(=O)(=O)NC)cc1. The monoisotopic (exact) mass is 406 g/mol. The lowest BCUT2D eigenvalue weighted by molar-refractivity contribution is -0.121. The number of hydrogen-bond acceptors (Lipinski definition) is 5. The van der Waals surface area contributed by atoms with E-state index in [0.717, 1.165) is 5.56 Å². The van der Waals surface area contributed by atoms with Gasteiger partial charge in [0.2, 0.25) is 15.9 Å². The van der Waals surface area contributed by atoms with Crippen LogP contribution in [0.15, 0.2) is 53.4 Å². The maximum absolute atomic E-state index is 12.0. The van der Waals surface area contributed by atoms with Crippen LogP contribution in [0.5, 0.6) is 11.5 Å². The minimum absolute atomic E-state index is 0.0892. The molecular weight excluding hydrogens is 380 g/mol. The molecule has 0 heterocycles. The van der Waals surface area contributed by atoms with E-state index in [1.165, 1.54) is 19.2 Å². The molecule has 0 aliphatic carbocycles. The Hall–Kier alpha value is -2.58. The summed E-state index contributed by atoms with van der Waals surface area (Å²) < 4.78 is 36.8. The van der Waals surface area contributed by atoms with Crippen LogP contribution in [-0.2, 0) is 21.4 Å². The number of amides is 1. The van der Waals surface area contributed by atoms with Crippen molar-refractivity contribution in [3.63, 3.8) is 0 Å². The molecule has 0 unspecified atom stereocenters. The molecule has 2 aromatic rings. The summed E-state index contributed by atoms with van der Waals surface area (Å²) in [5, 5.41) is 2.82. The fourth-order valence-electron chi connectivity index (χ4n) is 2.45. The van der Waals surface area contributed by atoms with Crippen molar-refractivity contribution in [2.45, 2.75) is 31.2 Å². The van der Waals surface area contributed by atoms with Crippen molar-refractivity contribution < 1.29 is 22.7 Å². The average molecular weight is 407 g/mol. The Kier molecular flexibility index (Phi) is 8.28. The molecule has 0 aliphatic heterocycles. The van der Waals surface area contributed by atoms with E-state index in [-0.39, 0.29) is 10.8 Å². The topological polar surface area (TPSA) is 93.7 Å². The Morgan fingerprint density at radius 2 is 1.64 bits per heavy atom. The van der Waals surface area contributed by atoms with Gasteiger partial charge < -0.3 is 14.8 Å². The number of sulfonamides is 1. The molecule has 2 N–H and O–H groups in total. The summed E-state index contributed by atoms with van der Waals surface area (Å²) in [6.45, 7) is 3.22. The third kappa shape index (κ3) is 6.54. The largest absolute Gasteiger partial charge is 0.490 e. The minimum Gasteiger partial charge on any atom is -0.490 e. The number of nitrogens with one attached hydrogen (secondary N) is 2. The number of rotatable bonds is 11. The van der Waals surface area contributed by atoms with Gasteiger partial charge in [0.05, 0.1) is 18.1 Å². The van der Waals surface area contributed by atoms with Gasteiger partial charge in [0.15, 0.2) is 11.5 Å². The number of carbonyl (C=O) groups excluding carboxylic acids is 1. The van der Waals surface area contributed by atoms with Crippen molar-refractivity contribution in [1.82, 2.24) is 10.0 Å². The number of benzene rings is 2. The van der Waals surface area contributed by atoms with Crippen LogP contribution >= 0.6 is 0 Å². The summed E-state index contributed by atoms with van der Waals surface area (Å²) in [6.07, 6.45) is 0.911. The molecule has 0 aliphatic rings. The molecule has 152 valence electrons.